The molecular formula is C22H41NO2S. The number of unbranched alkanes of at least 4 members (excludes halogenated alkanes) is 4. The van der Waals surface area contributed by atoms with E-state index < -0.39 is 0 Å². The fourth-order valence-corrected chi connectivity index (χ4v) is 6.50. The van der Waals surface area contributed by atoms with Crippen LogP contribution in [0.3, 0.4) is 0 Å². The van der Waals surface area contributed by atoms with E-state index in [1.807, 2.05) is 6.08 Å². The van der Waals surface area contributed by atoms with Crippen LogP contribution in [0.1, 0.15) is 71.1 Å². The third-order valence-corrected chi connectivity index (χ3v) is 7.79. The van der Waals surface area contributed by atoms with Gasteiger partial charge >= 0.3 is 0 Å². The highest BCUT2D eigenvalue weighted by Gasteiger charge is 2.47. The van der Waals surface area contributed by atoms with E-state index in [2.05, 4.69) is 43.8 Å². The summed E-state index contributed by atoms with van der Waals surface area (Å²) in [7, 11) is 4.29. The Morgan fingerprint density at radius 2 is 1.92 bits per heavy atom. The summed E-state index contributed by atoms with van der Waals surface area (Å²) in [5.74, 6) is 0.868. The van der Waals surface area contributed by atoms with Crippen LogP contribution in [0.25, 0.3) is 0 Å². The van der Waals surface area contributed by atoms with Gasteiger partial charge in [-0.2, -0.15) is 11.8 Å². The van der Waals surface area contributed by atoms with Gasteiger partial charge in [-0.1, -0.05) is 51.2 Å². The molecular weight excluding hydrogens is 342 g/mol. The lowest BCUT2D eigenvalue weighted by Crippen LogP contribution is -2.19. The summed E-state index contributed by atoms with van der Waals surface area (Å²) in [4.78, 5) is 2.27. The molecule has 0 unspecified atom stereocenters. The minimum Gasteiger partial charge on any atom is -0.392 e. The average molecular weight is 384 g/mol. The first-order valence-corrected chi connectivity index (χ1v) is 11.8. The van der Waals surface area contributed by atoms with Crippen molar-refractivity contribution in [2.75, 3.05) is 20.6 Å². The fraction of sp³-hybridized carbons (Fsp3) is 0.909. The average Bonchev–Trinajstić information content (AvgIpc) is 3.09. The van der Waals surface area contributed by atoms with Gasteiger partial charge in [-0.15, -0.1) is 0 Å². The van der Waals surface area contributed by atoms with Crippen molar-refractivity contribution in [2.45, 2.75) is 93.8 Å². The number of hydrogen-bond acceptors (Lipinski definition) is 4. The summed E-state index contributed by atoms with van der Waals surface area (Å²) < 4.78 is 0. The van der Waals surface area contributed by atoms with Crippen molar-refractivity contribution in [3.63, 3.8) is 0 Å². The lowest BCUT2D eigenvalue weighted by Gasteiger charge is -2.19. The lowest BCUT2D eigenvalue weighted by atomic mass is 9.89. The van der Waals surface area contributed by atoms with Crippen molar-refractivity contribution in [1.29, 1.82) is 0 Å². The summed E-state index contributed by atoms with van der Waals surface area (Å²) in [6.45, 7) is 3.39. The summed E-state index contributed by atoms with van der Waals surface area (Å²) in [6, 6.07) is 0. The first-order chi connectivity index (χ1) is 12.5. The molecule has 0 aromatic rings. The van der Waals surface area contributed by atoms with Gasteiger partial charge in [-0.3, -0.25) is 0 Å². The van der Waals surface area contributed by atoms with Gasteiger partial charge in [0.25, 0.3) is 0 Å². The molecule has 2 rings (SSSR count). The number of thioether (sulfide) groups is 1. The molecule has 4 heteroatoms. The Labute approximate surface area is 165 Å². The minimum absolute atomic E-state index is 0.211. The van der Waals surface area contributed by atoms with Crippen LogP contribution < -0.4 is 0 Å². The molecule has 1 heterocycles. The third kappa shape index (κ3) is 7.18. The summed E-state index contributed by atoms with van der Waals surface area (Å²) in [5.41, 5.74) is 0. The standard InChI is InChI=1S/C22H41NO2S/c1-4-5-7-10-17(24)12-13-19-20-15-18(26-22(20)16-21(19)25)11-8-6-9-14-23(2)3/h12-13,17-22,24-25H,4-11,14-16H2,1-3H3/b13-12+/t17-,18-,19+,20+,21+,22-/m0/s1. The van der Waals surface area contributed by atoms with Gasteiger partial charge in [0, 0.05) is 16.4 Å². The maximum absolute atomic E-state index is 10.5. The van der Waals surface area contributed by atoms with Crippen LogP contribution in [-0.4, -0.2) is 58.5 Å². The molecule has 2 fully saturated rings. The predicted octanol–water partition coefficient (Wildman–Crippen LogP) is 4.48. The van der Waals surface area contributed by atoms with Crippen molar-refractivity contribution < 1.29 is 10.2 Å². The van der Waals surface area contributed by atoms with E-state index in [0.29, 0.717) is 11.2 Å². The molecule has 26 heavy (non-hydrogen) atoms. The second kappa shape index (κ2) is 11.7. The number of nitrogens with zero attached hydrogens (tertiary/aromatic N) is 1. The van der Waals surface area contributed by atoms with Gasteiger partial charge in [0.15, 0.2) is 0 Å². The van der Waals surface area contributed by atoms with Crippen molar-refractivity contribution in [2.24, 2.45) is 11.8 Å². The van der Waals surface area contributed by atoms with E-state index in [1.54, 1.807) is 0 Å². The largest absolute Gasteiger partial charge is 0.392 e. The van der Waals surface area contributed by atoms with Crippen LogP contribution in [0, 0.1) is 11.8 Å². The van der Waals surface area contributed by atoms with E-state index in [-0.39, 0.29) is 18.1 Å². The summed E-state index contributed by atoms with van der Waals surface area (Å²) >= 11 is 2.14. The van der Waals surface area contributed by atoms with Gasteiger partial charge in [-0.05, 0) is 58.7 Å². The molecule has 6 atom stereocenters. The molecule has 1 aliphatic heterocycles. The number of rotatable bonds is 12. The Bertz CT molecular complexity index is 415. The molecule has 0 aromatic heterocycles. The quantitative estimate of drug-likeness (QED) is 0.385. The van der Waals surface area contributed by atoms with E-state index in [1.165, 1.54) is 51.5 Å². The molecule has 0 bridgehead atoms. The van der Waals surface area contributed by atoms with Crippen molar-refractivity contribution in [1.82, 2.24) is 4.90 Å². The van der Waals surface area contributed by atoms with Crippen LogP contribution in [0.5, 0.6) is 0 Å². The highest BCUT2D eigenvalue weighted by atomic mass is 32.2. The van der Waals surface area contributed by atoms with Gasteiger partial charge in [0.1, 0.15) is 0 Å². The molecule has 152 valence electrons. The highest BCUT2D eigenvalue weighted by Crippen LogP contribution is 2.52. The van der Waals surface area contributed by atoms with Gasteiger partial charge < -0.3 is 15.1 Å². The first-order valence-electron chi connectivity index (χ1n) is 10.9. The van der Waals surface area contributed by atoms with Crippen LogP contribution in [0.4, 0.5) is 0 Å². The molecule has 1 saturated heterocycles. The second-order valence-electron chi connectivity index (χ2n) is 8.68. The van der Waals surface area contributed by atoms with Gasteiger partial charge in [0.2, 0.25) is 0 Å². The minimum atomic E-state index is -0.339. The first kappa shape index (κ1) is 22.3. The third-order valence-electron chi connectivity index (χ3n) is 6.08. The highest BCUT2D eigenvalue weighted by molar-refractivity contribution is 8.00. The Kier molecular flexibility index (Phi) is 10.0. The number of aliphatic hydroxyl groups excluding tert-OH is 2. The maximum Gasteiger partial charge on any atom is 0.0721 e. The van der Waals surface area contributed by atoms with Crippen molar-refractivity contribution in [3.8, 4) is 0 Å². The zero-order valence-corrected chi connectivity index (χ0v) is 18.0. The molecule has 1 aliphatic carbocycles. The number of aliphatic hydroxyl groups is 2. The Morgan fingerprint density at radius 1 is 1.12 bits per heavy atom. The SMILES string of the molecule is CCCCC[C@H](O)/C=C/[C@@H]1[C@H]2C[C@H](CCCCCN(C)C)S[C@H]2C[C@H]1O. The number of hydrogen-bond donors (Lipinski definition) is 2. The molecule has 0 spiro atoms. The zero-order chi connectivity index (χ0) is 18.9. The van der Waals surface area contributed by atoms with Crippen molar-refractivity contribution >= 4 is 11.8 Å². The van der Waals surface area contributed by atoms with E-state index in [4.69, 9.17) is 0 Å². The summed E-state index contributed by atoms with van der Waals surface area (Å²) in [6.07, 6.45) is 15.4. The number of fused-ring (bicyclic) bond motifs is 1. The smallest absolute Gasteiger partial charge is 0.0721 e. The molecule has 0 amide bonds. The van der Waals surface area contributed by atoms with Crippen LogP contribution >= 0.6 is 11.8 Å². The monoisotopic (exact) mass is 383 g/mol. The van der Waals surface area contributed by atoms with Gasteiger partial charge in [0.05, 0.1) is 12.2 Å². The Hall–Kier alpha value is -0.0300. The van der Waals surface area contributed by atoms with Crippen LogP contribution in [0.2, 0.25) is 0 Å². The lowest BCUT2D eigenvalue weighted by molar-refractivity contribution is 0.138. The van der Waals surface area contributed by atoms with Crippen molar-refractivity contribution in [3.05, 3.63) is 12.2 Å². The Balaban J connectivity index is 1.72. The van der Waals surface area contributed by atoms with E-state index >= 15 is 0 Å². The molecule has 1 saturated carbocycles. The normalized spacial score (nSPS) is 32.6. The van der Waals surface area contributed by atoms with Crippen LogP contribution in [0.15, 0.2) is 12.2 Å². The zero-order valence-electron chi connectivity index (χ0n) is 17.1. The van der Waals surface area contributed by atoms with E-state index in [0.717, 1.165) is 24.5 Å². The molecule has 0 radical (unpaired) electrons. The van der Waals surface area contributed by atoms with E-state index in [9.17, 15) is 10.2 Å². The topological polar surface area (TPSA) is 43.7 Å². The Morgan fingerprint density at radius 3 is 2.65 bits per heavy atom. The van der Waals surface area contributed by atoms with Crippen LogP contribution in [-0.2, 0) is 0 Å². The molecule has 3 nitrogen and oxygen atoms in total. The van der Waals surface area contributed by atoms with Gasteiger partial charge in [-0.25, -0.2) is 0 Å². The molecule has 0 aromatic carbocycles. The fourth-order valence-electron chi connectivity index (χ4n) is 4.56. The summed E-state index contributed by atoms with van der Waals surface area (Å²) in [5, 5.41) is 22.0. The maximum atomic E-state index is 10.5. The predicted molar refractivity (Wildman–Crippen MR) is 114 cm³/mol. The molecule has 2 aliphatic rings. The molecule has 2 N–H and O–H groups in total. The second-order valence-corrected chi connectivity index (χ2v) is 10.2.